The normalized spacial score (nSPS) is 16.0. The number of carbonyl (C=O) groups excluding carboxylic acids is 1. The number of hydrogen-bond acceptors (Lipinski definition) is 4. The number of fused-ring (bicyclic) bond motifs is 1. The van der Waals surface area contributed by atoms with Crippen molar-refractivity contribution in [2.24, 2.45) is 0 Å². The number of nitrogens with zero attached hydrogens (tertiary/aromatic N) is 3. The molecule has 1 saturated heterocycles. The van der Waals surface area contributed by atoms with E-state index in [4.69, 9.17) is 4.42 Å². The second-order valence-electron chi connectivity index (χ2n) is 7.76. The van der Waals surface area contributed by atoms with Crippen LogP contribution < -0.4 is 10.2 Å². The van der Waals surface area contributed by atoms with E-state index in [-0.39, 0.29) is 18.0 Å². The van der Waals surface area contributed by atoms with Crippen LogP contribution in [0.1, 0.15) is 31.6 Å². The fourth-order valence-corrected chi connectivity index (χ4v) is 3.80. The van der Waals surface area contributed by atoms with Gasteiger partial charge >= 0.3 is 6.03 Å². The Morgan fingerprint density at radius 3 is 2.59 bits per heavy atom. The van der Waals surface area contributed by atoms with Crippen LogP contribution in [0, 0.1) is 0 Å². The van der Waals surface area contributed by atoms with Gasteiger partial charge in [-0.1, -0.05) is 30.3 Å². The Balaban J connectivity index is 1.26. The minimum atomic E-state index is 0.00864. The van der Waals surface area contributed by atoms with Crippen molar-refractivity contribution >= 4 is 22.8 Å². The number of hydrogen-bond donors (Lipinski definition) is 1. The first-order valence-electron chi connectivity index (χ1n) is 10.3. The smallest absolute Gasteiger partial charge is 0.317 e. The van der Waals surface area contributed by atoms with Gasteiger partial charge in [0, 0.05) is 44.3 Å². The summed E-state index contributed by atoms with van der Waals surface area (Å²) in [5.41, 5.74) is 2.88. The lowest BCUT2D eigenvalue weighted by Crippen LogP contribution is -2.48. The van der Waals surface area contributed by atoms with E-state index in [1.807, 2.05) is 47.4 Å². The standard InChI is InChI=1S/C23H28N4O2/c1-17(26(2)19-8-4-3-5-9-19)16-24-23(28)27-14-12-18(13-15-27)22-25-20-10-6-7-11-21(20)29-22/h3-11,17-18H,12-16H2,1-2H3,(H,24,28). The molecule has 6 nitrogen and oxygen atoms in total. The van der Waals surface area contributed by atoms with Crippen LogP contribution in [0.2, 0.25) is 0 Å². The van der Waals surface area contributed by atoms with Crippen LogP contribution in [0.4, 0.5) is 10.5 Å². The van der Waals surface area contributed by atoms with E-state index in [2.05, 4.69) is 41.3 Å². The first kappa shape index (κ1) is 19.3. The van der Waals surface area contributed by atoms with Gasteiger partial charge in [-0.3, -0.25) is 0 Å². The number of oxazole rings is 1. The quantitative estimate of drug-likeness (QED) is 0.705. The number of urea groups is 1. The molecule has 2 amide bonds. The highest BCUT2D eigenvalue weighted by Crippen LogP contribution is 2.29. The van der Waals surface area contributed by atoms with Crippen molar-refractivity contribution in [3.8, 4) is 0 Å². The number of likely N-dealkylation sites (N-methyl/N-ethyl adjacent to an activating group) is 1. The summed E-state index contributed by atoms with van der Waals surface area (Å²) < 4.78 is 5.91. The molecule has 0 bridgehead atoms. The number of amides is 2. The van der Waals surface area contributed by atoms with Gasteiger partial charge in [0.15, 0.2) is 11.5 Å². The van der Waals surface area contributed by atoms with Crippen molar-refractivity contribution in [2.45, 2.75) is 31.7 Å². The highest BCUT2D eigenvalue weighted by molar-refractivity contribution is 5.74. The Morgan fingerprint density at radius 2 is 1.86 bits per heavy atom. The molecular formula is C23H28N4O2. The van der Waals surface area contributed by atoms with Gasteiger partial charge < -0.3 is 19.5 Å². The van der Waals surface area contributed by atoms with Crippen molar-refractivity contribution in [2.75, 3.05) is 31.6 Å². The van der Waals surface area contributed by atoms with E-state index >= 15 is 0 Å². The maximum atomic E-state index is 12.6. The molecule has 0 saturated carbocycles. The van der Waals surface area contributed by atoms with E-state index in [0.29, 0.717) is 6.54 Å². The molecule has 29 heavy (non-hydrogen) atoms. The second-order valence-corrected chi connectivity index (χ2v) is 7.76. The number of carbonyl (C=O) groups is 1. The molecule has 2 heterocycles. The zero-order valence-corrected chi connectivity index (χ0v) is 17.0. The topological polar surface area (TPSA) is 61.6 Å². The number of piperidine rings is 1. The minimum absolute atomic E-state index is 0.00864. The Morgan fingerprint density at radius 1 is 1.17 bits per heavy atom. The van der Waals surface area contributed by atoms with Gasteiger partial charge in [-0.25, -0.2) is 9.78 Å². The summed E-state index contributed by atoms with van der Waals surface area (Å²) in [6.45, 7) is 4.16. The fraction of sp³-hybridized carbons (Fsp3) is 0.391. The Bertz CT molecular complexity index is 915. The maximum absolute atomic E-state index is 12.6. The fourth-order valence-electron chi connectivity index (χ4n) is 3.80. The van der Waals surface area contributed by atoms with E-state index in [1.165, 1.54) is 0 Å². The largest absolute Gasteiger partial charge is 0.440 e. The van der Waals surface area contributed by atoms with Gasteiger partial charge in [0.25, 0.3) is 0 Å². The molecule has 1 fully saturated rings. The molecule has 3 aromatic rings. The van der Waals surface area contributed by atoms with E-state index in [9.17, 15) is 4.79 Å². The molecule has 6 heteroatoms. The molecule has 1 unspecified atom stereocenters. The van der Waals surface area contributed by atoms with Gasteiger partial charge in [-0.15, -0.1) is 0 Å². The summed E-state index contributed by atoms with van der Waals surface area (Å²) in [7, 11) is 2.05. The van der Waals surface area contributed by atoms with Gasteiger partial charge in [-0.2, -0.15) is 0 Å². The summed E-state index contributed by atoms with van der Waals surface area (Å²) >= 11 is 0. The van der Waals surface area contributed by atoms with E-state index in [1.54, 1.807) is 0 Å². The van der Waals surface area contributed by atoms with Gasteiger partial charge in [0.2, 0.25) is 0 Å². The first-order chi connectivity index (χ1) is 14.1. The number of likely N-dealkylation sites (tertiary alicyclic amines) is 1. The molecule has 152 valence electrons. The predicted octanol–water partition coefficient (Wildman–Crippen LogP) is 4.24. The molecule has 1 atom stereocenters. The molecule has 2 aromatic carbocycles. The van der Waals surface area contributed by atoms with Crippen LogP contribution in [-0.4, -0.2) is 48.6 Å². The zero-order valence-electron chi connectivity index (χ0n) is 17.0. The summed E-state index contributed by atoms with van der Waals surface area (Å²) in [6.07, 6.45) is 1.75. The lowest BCUT2D eigenvalue weighted by Gasteiger charge is -2.32. The van der Waals surface area contributed by atoms with Crippen LogP contribution in [-0.2, 0) is 0 Å². The third-order valence-corrected chi connectivity index (χ3v) is 5.82. The lowest BCUT2D eigenvalue weighted by atomic mass is 9.97. The van der Waals surface area contributed by atoms with Crippen molar-refractivity contribution in [3.05, 3.63) is 60.5 Å². The van der Waals surface area contributed by atoms with Crippen LogP contribution >= 0.6 is 0 Å². The van der Waals surface area contributed by atoms with Crippen molar-refractivity contribution in [3.63, 3.8) is 0 Å². The van der Waals surface area contributed by atoms with Crippen LogP contribution in [0.3, 0.4) is 0 Å². The molecule has 1 N–H and O–H groups in total. The molecule has 1 aliphatic heterocycles. The third kappa shape index (κ3) is 4.36. The van der Waals surface area contributed by atoms with Gasteiger partial charge in [-0.05, 0) is 44.0 Å². The summed E-state index contributed by atoms with van der Waals surface area (Å²) in [6, 6.07) is 18.3. The highest BCUT2D eigenvalue weighted by Gasteiger charge is 2.27. The average Bonchev–Trinajstić information content (AvgIpc) is 3.22. The summed E-state index contributed by atoms with van der Waals surface area (Å²) in [5.74, 6) is 1.07. The number of benzene rings is 2. The molecule has 0 aliphatic carbocycles. The Kier molecular flexibility index (Phi) is 5.69. The van der Waals surface area contributed by atoms with E-state index < -0.39 is 0 Å². The monoisotopic (exact) mass is 392 g/mol. The van der Waals surface area contributed by atoms with Crippen LogP contribution in [0.25, 0.3) is 11.1 Å². The predicted molar refractivity (Wildman–Crippen MR) is 115 cm³/mol. The second kappa shape index (κ2) is 8.55. The van der Waals surface area contributed by atoms with Gasteiger partial charge in [0.1, 0.15) is 5.52 Å². The van der Waals surface area contributed by atoms with Gasteiger partial charge in [0.05, 0.1) is 0 Å². The molecule has 1 aromatic heterocycles. The number of nitrogens with one attached hydrogen (secondary N) is 1. The van der Waals surface area contributed by atoms with Crippen LogP contribution in [0.5, 0.6) is 0 Å². The molecule has 1 aliphatic rings. The maximum Gasteiger partial charge on any atom is 0.317 e. The zero-order chi connectivity index (χ0) is 20.2. The summed E-state index contributed by atoms with van der Waals surface area (Å²) in [4.78, 5) is 21.3. The average molecular weight is 393 g/mol. The number of rotatable bonds is 5. The number of para-hydroxylation sites is 3. The van der Waals surface area contributed by atoms with Crippen molar-refractivity contribution < 1.29 is 9.21 Å². The molecule has 0 spiro atoms. The minimum Gasteiger partial charge on any atom is -0.440 e. The highest BCUT2D eigenvalue weighted by atomic mass is 16.3. The van der Waals surface area contributed by atoms with E-state index in [0.717, 1.165) is 48.6 Å². The molecule has 4 rings (SSSR count). The molecule has 0 radical (unpaired) electrons. The van der Waals surface area contributed by atoms with Crippen LogP contribution in [0.15, 0.2) is 59.0 Å². The number of aromatic nitrogens is 1. The van der Waals surface area contributed by atoms with Crippen molar-refractivity contribution in [1.82, 2.24) is 15.2 Å². The molecular weight excluding hydrogens is 364 g/mol. The van der Waals surface area contributed by atoms with Crippen molar-refractivity contribution in [1.29, 1.82) is 0 Å². The lowest BCUT2D eigenvalue weighted by molar-refractivity contribution is 0.177. The summed E-state index contributed by atoms with van der Waals surface area (Å²) in [5, 5.41) is 3.09. The Hall–Kier alpha value is -3.02. The first-order valence-corrected chi connectivity index (χ1v) is 10.3. The Labute approximate surface area is 171 Å². The third-order valence-electron chi connectivity index (χ3n) is 5.82. The SMILES string of the molecule is CC(CNC(=O)N1CCC(c2nc3ccccc3o2)CC1)N(C)c1ccccc1. The number of anilines is 1.